The van der Waals surface area contributed by atoms with Gasteiger partial charge in [-0.25, -0.2) is 9.98 Å². The Morgan fingerprint density at radius 3 is 2.10 bits per heavy atom. The molecule has 1 aliphatic carbocycles. The van der Waals surface area contributed by atoms with E-state index in [0.29, 0.717) is 62.2 Å². The van der Waals surface area contributed by atoms with Gasteiger partial charge in [0.25, 0.3) is 20.2 Å². The van der Waals surface area contributed by atoms with Crippen molar-refractivity contribution in [1.82, 2.24) is 9.55 Å². The maximum Gasteiger partial charge on any atom is 1.00 e. The van der Waals surface area contributed by atoms with Crippen LogP contribution in [-0.2, 0) is 20.2 Å². The van der Waals surface area contributed by atoms with Gasteiger partial charge in [-0.2, -0.15) is 16.8 Å². The monoisotopic (exact) mass is 735 g/mol. The van der Waals surface area contributed by atoms with Gasteiger partial charge in [0, 0.05) is 29.5 Å². The molecule has 0 amide bonds. The predicted octanol–water partition coefficient (Wildman–Crippen LogP) is 4.81. The summed E-state index contributed by atoms with van der Waals surface area (Å²) in [6.45, 7) is 13.2. The summed E-state index contributed by atoms with van der Waals surface area (Å²) < 4.78 is 72.9. The second-order valence-corrected chi connectivity index (χ2v) is 14.9. The molecule has 4 aromatic rings. The Labute approximate surface area is 320 Å². The third kappa shape index (κ3) is 7.16. The van der Waals surface area contributed by atoms with Crippen LogP contribution >= 0.6 is 0 Å². The van der Waals surface area contributed by atoms with E-state index in [1.165, 1.54) is 12.1 Å². The Bertz CT molecular complexity index is 2580. The molecule has 0 unspecified atom stereocenters. The second kappa shape index (κ2) is 14.7. The van der Waals surface area contributed by atoms with E-state index in [2.05, 4.69) is 24.1 Å². The van der Waals surface area contributed by atoms with E-state index in [0.717, 1.165) is 29.7 Å². The standard InChI is InChI=1S/C37H38N5O6S2.Na/c1-7-38-29-21-35(50(46,47)48)31(18-23(29)5)39-30-20-33-36(27-13-11-10-12-26(27)30)40-28-16-15-25(41(8-2)9-3)19-32(28)42(33)37-22(4)14-17-34(24(37)6)49(43,44)45;/h10-21H,7-9H2,1-6H3,(H,43,44,45)(H,46,47,48);/q-1;+1. The molecule has 6 rings (SSSR count). The first-order valence-electron chi connectivity index (χ1n) is 16.2. The van der Waals surface area contributed by atoms with E-state index < -0.39 is 20.2 Å². The SMILES string of the molecule is CC[N-]c1cc(S(=O)(=O)O)c(N=c2cc3n(-c4c(C)ccc(S(=O)(=O)O)c4C)c4cc(N(CC)CC)ccc4nc-3c3ccccc23)cc1C.[Na+]. The molecular weight excluding hydrogens is 698 g/mol. The van der Waals surface area contributed by atoms with Crippen LogP contribution < -0.4 is 39.8 Å². The van der Waals surface area contributed by atoms with Crippen molar-refractivity contribution in [3.05, 3.63) is 100 Å². The van der Waals surface area contributed by atoms with Gasteiger partial charge in [0.2, 0.25) is 0 Å². The molecule has 2 N–H and O–H groups in total. The van der Waals surface area contributed by atoms with Crippen LogP contribution in [0.2, 0.25) is 0 Å². The van der Waals surface area contributed by atoms with Crippen LogP contribution in [0.5, 0.6) is 0 Å². The van der Waals surface area contributed by atoms with E-state index in [-0.39, 0.29) is 45.0 Å². The number of hydrogen-bond donors (Lipinski definition) is 2. The summed E-state index contributed by atoms with van der Waals surface area (Å²) in [6, 6.07) is 21.2. The Kier molecular flexibility index (Phi) is 11.0. The number of fused-ring (bicyclic) bond motifs is 4. The molecule has 0 atom stereocenters. The van der Waals surface area contributed by atoms with Crippen molar-refractivity contribution in [2.75, 3.05) is 24.5 Å². The number of hydrogen-bond acceptors (Lipinski definition) is 7. The molecule has 14 heteroatoms. The van der Waals surface area contributed by atoms with Crippen molar-refractivity contribution >= 4 is 59.1 Å². The van der Waals surface area contributed by atoms with Crippen LogP contribution in [0.3, 0.4) is 0 Å². The first-order chi connectivity index (χ1) is 23.7. The van der Waals surface area contributed by atoms with Crippen LogP contribution in [0, 0.1) is 20.8 Å². The molecular formula is C37H38N5NaO6S2. The average molecular weight is 736 g/mol. The normalized spacial score (nSPS) is 12.4. The minimum absolute atomic E-state index is 0. The van der Waals surface area contributed by atoms with Crippen molar-refractivity contribution in [2.45, 2.75) is 51.3 Å². The summed E-state index contributed by atoms with van der Waals surface area (Å²) in [4.78, 5) is 11.6. The van der Waals surface area contributed by atoms with Gasteiger partial charge in [0.05, 0.1) is 44.0 Å². The number of aromatic nitrogens is 2. The molecule has 0 bridgehead atoms. The summed E-state index contributed by atoms with van der Waals surface area (Å²) in [5.74, 6) is 0. The molecule has 1 heterocycles. The van der Waals surface area contributed by atoms with Crippen LogP contribution in [0.4, 0.5) is 17.1 Å². The topological polar surface area (TPSA) is 156 Å². The van der Waals surface area contributed by atoms with E-state index in [9.17, 15) is 25.9 Å². The fraction of sp³-hybridized carbons (Fsp3) is 0.243. The fourth-order valence-electron chi connectivity index (χ4n) is 6.64. The third-order valence-electron chi connectivity index (χ3n) is 8.99. The molecule has 11 nitrogen and oxygen atoms in total. The van der Waals surface area contributed by atoms with E-state index in [4.69, 9.17) is 9.98 Å². The molecule has 0 spiro atoms. The summed E-state index contributed by atoms with van der Waals surface area (Å²) in [7, 11) is -9.27. The molecule has 51 heavy (non-hydrogen) atoms. The summed E-state index contributed by atoms with van der Waals surface area (Å²) in [5.41, 5.74) is 6.21. The van der Waals surface area contributed by atoms with E-state index in [1.54, 1.807) is 32.0 Å². The largest absolute Gasteiger partial charge is 1.00 e. The van der Waals surface area contributed by atoms with Crippen molar-refractivity contribution in [3.8, 4) is 17.1 Å². The van der Waals surface area contributed by atoms with Crippen molar-refractivity contribution in [1.29, 1.82) is 0 Å². The van der Waals surface area contributed by atoms with Gasteiger partial charge in [-0.05, 0) is 82.1 Å². The number of aryl methyl sites for hydroxylation is 2. The molecule has 0 aromatic heterocycles. The second-order valence-electron chi connectivity index (χ2n) is 12.1. The van der Waals surface area contributed by atoms with Crippen LogP contribution in [0.1, 0.15) is 37.5 Å². The average Bonchev–Trinajstić information content (AvgIpc) is 3.05. The smallest absolute Gasteiger partial charge is 0.684 e. The zero-order valence-corrected chi connectivity index (χ0v) is 33.3. The quantitative estimate of drug-likeness (QED) is 0.0928. The Balaban J connectivity index is 0.00000504. The molecule has 0 fully saturated rings. The van der Waals surface area contributed by atoms with Gasteiger partial charge >= 0.3 is 29.6 Å². The number of rotatable bonds is 9. The fourth-order valence-corrected chi connectivity index (χ4v) is 7.99. The number of benzene rings is 5. The van der Waals surface area contributed by atoms with Crippen LogP contribution in [0.15, 0.2) is 87.6 Å². The number of nitrogens with zero attached hydrogens (tertiary/aromatic N) is 5. The van der Waals surface area contributed by atoms with Gasteiger partial charge in [0.1, 0.15) is 4.90 Å². The van der Waals surface area contributed by atoms with Gasteiger partial charge in [-0.1, -0.05) is 48.9 Å². The summed E-state index contributed by atoms with van der Waals surface area (Å²) in [6.07, 6.45) is 0. The molecule has 0 radical (unpaired) electrons. The van der Waals surface area contributed by atoms with Gasteiger partial charge < -0.3 is 14.8 Å². The molecule has 0 saturated heterocycles. The Morgan fingerprint density at radius 1 is 0.804 bits per heavy atom. The van der Waals surface area contributed by atoms with Crippen LogP contribution in [0.25, 0.3) is 44.2 Å². The van der Waals surface area contributed by atoms with E-state index >= 15 is 0 Å². The molecule has 4 aromatic carbocycles. The minimum Gasteiger partial charge on any atom is -0.684 e. The summed E-state index contributed by atoms with van der Waals surface area (Å²) in [5, 5.41) is 6.17. The predicted molar refractivity (Wildman–Crippen MR) is 198 cm³/mol. The maximum absolute atomic E-state index is 12.7. The van der Waals surface area contributed by atoms with Crippen molar-refractivity contribution < 1.29 is 55.5 Å². The Hall–Kier alpha value is -3.82. The zero-order valence-electron chi connectivity index (χ0n) is 29.6. The van der Waals surface area contributed by atoms with Crippen molar-refractivity contribution in [3.63, 3.8) is 0 Å². The molecule has 260 valence electrons. The maximum atomic E-state index is 12.7. The Morgan fingerprint density at radius 2 is 1.47 bits per heavy atom. The third-order valence-corrected chi connectivity index (χ3v) is 10.9. The molecule has 0 saturated carbocycles. The minimum atomic E-state index is -4.69. The summed E-state index contributed by atoms with van der Waals surface area (Å²) >= 11 is 0. The van der Waals surface area contributed by atoms with E-state index in [1.807, 2.05) is 60.9 Å². The molecule has 2 aliphatic rings. The first-order valence-corrected chi connectivity index (χ1v) is 19.1. The van der Waals surface area contributed by atoms with Crippen LogP contribution in [-0.4, -0.2) is 55.1 Å². The van der Waals surface area contributed by atoms with Gasteiger partial charge in [-0.3, -0.25) is 9.11 Å². The van der Waals surface area contributed by atoms with Crippen molar-refractivity contribution in [2.24, 2.45) is 4.99 Å². The molecule has 1 aliphatic heterocycles. The van der Waals surface area contributed by atoms with Gasteiger partial charge in [-0.15, -0.1) is 12.2 Å². The van der Waals surface area contributed by atoms with Gasteiger partial charge in [0.15, 0.2) is 0 Å². The number of anilines is 1. The first kappa shape index (κ1) is 38.4. The zero-order chi connectivity index (χ0) is 36.1.